The summed E-state index contributed by atoms with van der Waals surface area (Å²) < 4.78 is 0.987. The average Bonchev–Trinajstić information content (AvgIpc) is 2.44. The van der Waals surface area contributed by atoms with Gasteiger partial charge < -0.3 is 10.6 Å². The van der Waals surface area contributed by atoms with E-state index in [0.29, 0.717) is 23.1 Å². The maximum absolute atomic E-state index is 12.3. The second kappa shape index (κ2) is 7.29. The van der Waals surface area contributed by atoms with E-state index in [-0.39, 0.29) is 10.7 Å². The van der Waals surface area contributed by atoms with Gasteiger partial charge in [0.1, 0.15) is 11.5 Å². The number of carbonyl (C=O) groups excluding carboxylic acids is 1. The van der Waals surface area contributed by atoms with Gasteiger partial charge in [0, 0.05) is 10.1 Å². The molecule has 0 aliphatic carbocycles. The van der Waals surface area contributed by atoms with Gasteiger partial charge in [-0.15, -0.1) is 0 Å². The van der Waals surface area contributed by atoms with Crippen molar-refractivity contribution >= 4 is 63.2 Å². The van der Waals surface area contributed by atoms with Crippen LogP contribution >= 0.6 is 45.8 Å². The largest absolute Gasteiger partial charge is 0.370 e. The number of aromatic nitrogens is 1. The van der Waals surface area contributed by atoms with Gasteiger partial charge in [-0.1, -0.05) is 23.2 Å². The number of rotatable bonds is 4. The lowest BCUT2D eigenvalue weighted by Gasteiger charge is -2.10. The molecule has 110 valence electrons. The van der Waals surface area contributed by atoms with Crippen LogP contribution in [0.15, 0.2) is 30.3 Å². The molecule has 0 unspecified atom stereocenters. The third-order valence-corrected chi connectivity index (χ3v) is 3.89. The van der Waals surface area contributed by atoms with Crippen LogP contribution in [0.5, 0.6) is 0 Å². The summed E-state index contributed by atoms with van der Waals surface area (Å²) >= 11 is 14.3. The normalized spacial score (nSPS) is 10.3. The first-order valence-electron chi connectivity index (χ1n) is 6.18. The summed E-state index contributed by atoms with van der Waals surface area (Å²) in [7, 11) is 0. The number of nitrogens with zero attached hydrogens (tertiary/aromatic N) is 1. The standard InChI is InChI=1S/C14H12Cl2IN3O/c1-2-18-12-6-4-9(15)13(20-12)14(21)19-11-5-3-8(17)7-10(11)16/h3-7H,2H2,1H3,(H,18,20)(H,19,21). The molecule has 0 spiro atoms. The zero-order valence-corrected chi connectivity index (χ0v) is 14.8. The van der Waals surface area contributed by atoms with Gasteiger partial charge >= 0.3 is 0 Å². The molecular formula is C14H12Cl2IN3O. The minimum atomic E-state index is -0.400. The first kappa shape index (κ1) is 16.3. The van der Waals surface area contributed by atoms with Crippen molar-refractivity contribution in [3.05, 3.63) is 49.6 Å². The number of carbonyl (C=O) groups is 1. The topological polar surface area (TPSA) is 54.0 Å². The van der Waals surface area contributed by atoms with Crippen LogP contribution < -0.4 is 10.6 Å². The van der Waals surface area contributed by atoms with E-state index in [1.54, 1.807) is 24.3 Å². The van der Waals surface area contributed by atoms with Crippen molar-refractivity contribution in [3.8, 4) is 0 Å². The van der Waals surface area contributed by atoms with E-state index in [2.05, 4.69) is 38.2 Å². The summed E-state index contributed by atoms with van der Waals surface area (Å²) in [5.41, 5.74) is 0.679. The Morgan fingerprint density at radius 2 is 2.00 bits per heavy atom. The van der Waals surface area contributed by atoms with Crippen LogP contribution in [-0.2, 0) is 0 Å². The van der Waals surface area contributed by atoms with Crippen molar-refractivity contribution in [2.75, 3.05) is 17.2 Å². The van der Waals surface area contributed by atoms with Crippen LogP contribution in [0.1, 0.15) is 17.4 Å². The third kappa shape index (κ3) is 4.21. The Hall–Kier alpha value is -1.05. The van der Waals surface area contributed by atoms with Gasteiger partial charge in [-0.2, -0.15) is 0 Å². The maximum Gasteiger partial charge on any atom is 0.275 e. The highest BCUT2D eigenvalue weighted by Gasteiger charge is 2.15. The highest BCUT2D eigenvalue weighted by atomic mass is 127. The molecule has 2 aromatic rings. The van der Waals surface area contributed by atoms with E-state index in [1.165, 1.54) is 0 Å². The summed E-state index contributed by atoms with van der Waals surface area (Å²) in [6.45, 7) is 2.65. The van der Waals surface area contributed by atoms with E-state index in [9.17, 15) is 4.79 Å². The zero-order chi connectivity index (χ0) is 15.4. The van der Waals surface area contributed by atoms with Gasteiger partial charge in [0.05, 0.1) is 15.7 Å². The average molecular weight is 436 g/mol. The summed E-state index contributed by atoms with van der Waals surface area (Å²) in [6.07, 6.45) is 0. The van der Waals surface area contributed by atoms with Crippen LogP contribution in [0, 0.1) is 3.57 Å². The molecule has 7 heteroatoms. The predicted octanol–water partition coefficient (Wildman–Crippen LogP) is 4.68. The fraction of sp³-hybridized carbons (Fsp3) is 0.143. The number of anilines is 2. The Morgan fingerprint density at radius 3 is 2.67 bits per heavy atom. The van der Waals surface area contributed by atoms with Crippen LogP contribution in [0.4, 0.5) is 11.5 Å². The second-order valence-electron chi connectivity index (χ2n) is 4.14. The fourth-order valence-corrected chi connectivity index (χ4v) is 2.75. The highest BCUT2D eigenvalue weighted by Crippen LogP contribution is 2.25. The molecule has 1 aromatic carbocycles. The molecule has 2 rings (SSSR count). The highest BCUT2D eigenvalue weighted by molar-refractivity contribution is 14.1. The third-order valence-electron chi connectivity index (χ3n) is 2.60. The second-order valence-corrected chi connectivity index (χ2v) is 6.20. The van der Waals surface area contributed by atoms with Crippen LogP contribution in [0.2, 0.25) is 10.0 Å². The summed E-state index contributed by atoms with van der Waals surface area (Å²) in [6, 6.07) is 8.72. The number of nitrogens with one attached hydrogen (secondary N) is 2. The summed E-state index contributed by atoms with van der Waals surface area (Å²) in [5, 5.41) is 6.51. The minimum absolute atomic E-state index is 0.157. The van der Waals surface area contributed by atoms with E-state index >= 15 is 0 Å². The first-order chi connectivity index (χ1) is 10.0. The van der Waals surface area contributed by atoms with E-state index < -0.39 is 5.91 Å². The van der Waals surface area contributed by atoms with Crippen molar-refractivity contribution in [1.82, 2.24) is 4.98 Å². The molecule has 0 atom stereocenters. The number of pyridine rings is 1. The molecule has 4 nitrogen and oxygen atoms in total. The van der Waals surface area contributed by atoms with Gasteiger partial charge in [0.15, 0.2) is 0 Å². The van der Waals surface area contributed by atoms with Crippen molar-refractivity contribution in [2.24, 2.45) is 0 Å². The monoisotopic (exact) mass is 435 g/mol. The molecule has 1 amide bonds. The van der Waals surface area contributed by atoms with Crippen LogP contribution in [0.3, 0.4) is 0 Å². The fourth-order valence-electron chi connectivity index (χ4n) is 1.65. The van der Waals surface area contributed by atoms with Crippen LogP contribution in [0.25, 0.3) is 0 Å². The van der Waals surface area contributed by atoms with E-state index in [1.807, 2.05) is 13.0 Å². The molecule has 0 aliphatic rings. The predicted molar refractivity (Wildman–Crippen MR) is 95.5 cm³/mol. The molecule has 1 aromatic heterocycles. The molecule has 0 saturated heterocycles. The van der Waals surface area contributed by atoms with Gasteiger partial charge in [0.2, 0.25) is 0 Å². The number of hydrogen-bond acceptors (Lipinski definition) is 3. The molecule has 0 radical (unpaired) electrons. The van der Waals surface area contributed by atoms with Gasteiger partial charge in [-0.05, 0) is 59.8 Å². The minimum Gasteiger partial charge on any atom is -0.370 e. The van der Waals surface area contributed by atoms with Gasteiger partial charge in [-0.3, -0.25) is 4.79 Å². The number of halogens is 3. The van der Waals surface area contributed by atoms with Crippen molar-refractivity contribution < 1.29 is 4.79 Å². The lowest BCUT2D eigenvalue weighted by molar-refractivity contribution is 0.102. The smallest absolute Gasteiger partial charge is 0.275 e. The molecule has 0 bridgehead atoms. The number of benzene rings is 1. The number of hydrogen-bond donors (Lipinski definition) is 2. The van der Waals surface area contributed by atoms with Gasteiger partial charge in [0.25, 0.3) is 5.91 Å². The molecule has 0 aliphatic heterocycles. The van der Waals surface area contributed by atoms with E-state index in [4.69, 9.17) is 23.2 Å². The van der Waals surface area contributed by atoms with Gasteiger partial charge in [-0.25, -0.2) is 4.98 Å². The Balaban J connectivity index is 2.25. The Bertz CT molecular complexity index is 679. The zero-order valence-electron chi connectivity index (χ0n) is 11.1. The molecule has 1 heterocycles. The summed E-state index contributed by atoms with van der Waals surface area (Å²) in [4.78, 5) is 16.5. The van der Waals surface area contributed by atoms with Crippen LogP contribution in [-0.4, -0.2) is 17.4 Å². The first-order valence-corrected chi connectivity index (χ1v) is 8.01. The maximum atomic E-state index is 12.3. The summed E-state index contributed by atoms with van der Waals surface area (Å²) in [5.74, 6) is 0.198. The van der Waals surface area contributed by atoms with Crippen molar-refractivity contribution in [2.45, 2.75) is 6.92 Å². The number of amides is 1. The molecule has 21 heavy (non-hydrogen) atoms. The SMILES string of the molecule is CCNc1ccc(Cl)c(C(=O)Nc2ccc(I)cc2Cl)n1. The Morgan fingerprint density at radius 1 is 1.24 bits per heavy atom. The van der Waals surface area contributed by atoms with Crippen molar-refractivity contribution in [1.29, 1.82) is 0 Å². The lowest BCUT2D eigenvalue weighted by Crippen LogP contribution is -2.15. The lowest BCUT2D eigenvalue weighted by atomic mass is 10.3. The molecule has 0 fully saturated rings. The molecular weight excluding hydrogens is 424 g/mol. The molecule has 2 N–H and O–H groups in total. The quantitative estimate of drug-likeness (QED) is 0.685. The van der Waals surface area contributed by atoms with Crippen molar-refractivity contribution in [3.63, 3.8) is 0 Å². The van der Waals surface area contributed by atoms with E-state index in [0.717, 1.165) is 3.57 Å². The Kier molecular flexibility index (Phi) is 5.66. The Labute approximate surface area is 146 Å². The molecule has 0 saturated carbocycles.